The minimum atomic E-state index is -3.35. The fraction of sp³-hybridized carbons (Fsp3) is 0.667. The number of fused-ring (bicyclic) bond motifs is 1. The van der Waals surface area contributed by atoms with Gasteiger partial charge in [-0.2, -0.15) is 0 Å². The van der Waals surface area contributed by atoms with Crippen LogP contribution in [0, 0.1) is 0 Å². The second-order valence-corrected chi connectivity index (χ2v) is 9.64. The van der Waals surface area contributed by atoms with Crippen molar-refractivity contribution in [2.75, 3.05) is 13.1 Å². The third kappa shape index (κ3) is 3.05. The zero-order valence-electron chi connectivity index (χ0n) is 10.5. The number of hydrogen-bond donors (Lipinski definition) is 1. The Morgan fingerprint density at radius 2 is 2.16 bits per heavy atom. The highest BCUT2D eigenvalue weighted by atomic mass is 79.9. The predicted molar refractivity (Wildman–Crippen MR) is 80.0 cm³/mol. The van der Waals surface area contributed by atoms with Crippen LogP contribution in [0.3, 0.4) is 0 Å². The fourth-order valence-corrected chi connectivity index (χ4v) is 6.36. The van der Waals surface area contributed by atoms with E-state index in [0.717, 1.165) is 23.2 Å². The third-order valence-electron chi connectivity index (χ3n) is 3.96. The average molecular weight is 365 g/mol. The van der Waals surface area contributed by atoms with Gasteiger partial charge >= 0.3 is 0 Å². The van der Waals surface area contributed by atoms with Crippen LogP contribution in [0.1, 0.15) is 25.7 Å². The summed E-state index contributed by atoms with van der Waals surface area (Å²) in [5.41, 5.74) is 0. The molecule has 2 aliphatic rings. The third-order valence-corrected chi connectivity index (χ3v) is 7.59. The number of halogens is 1. The lowest BCUT2D eigenvalue weighted by Gasteiger charge is -2.34. The van der Waals surface area contributed by atoms with E-state index in [4.69, 9.17) is 0 Å². The molecule has 0 aromatic carbocycles. The molecule has 0 aliphatic carbocycles. The first kappa shape index (κ1) is 14.0. The second kappa shape index (κ2) is 5.44. The fourth-order valence-electron chi connectivity index (χ4n) is 3.05. The van der Waals surface area contributed by atoms with Crippen molar-refractivity contribution >= 4 is 37.3 Å². The summed E-state index contributed by atoms with van der Waals surface area (Å²) in [6.07, 6.45) is 4.33. The van der Waals surface area contributed by atoms with E-state index in [0.29, 0.717) is 10.3 Å². The normalized spacial score (nSPS) is 28.5. The van der Waals surface area contributed by atoms with Crippen LogP contribution in [-0.2, 0) is 10.0 Å². The van der Waals surface area contributed by atoms with Crippen LogP contribution in [0.5, 0.6) is 0 Å². The van der Waals surface area contributed by atoms with Crippen LogP contribution in [-0.4, -0.2) is 38.5 Å². The zero-order chi connectivity index (χ0) is 13.5. The first-order chi connectivity index (χ1) is 9.04. The molecule has 3 rings (SSSR count). The lowest BCUT2D eigenvalue weighted by atomic mass is 9.99. The monoisotopic (exact) mass is 364 g/mol. The smallest absolute Gasteiger partial charge is 0.250 e. The molecule has 1 aromatic heterocycles. The maximum Gasteiger partial charge on any atom is 0.250 e. The number of nitrogens with one attached hydrogen (secondary N) is 1. The molecule has 2 unspecified atom stereocenters. The molecule has 0 saturated carbocycles. The number of sulfonamides is 1. The quantitative estimate of drug-likeness (QED) is 0.895. The minimum Gasteiger partial charge on any atom is -0.300 e. The average Bonchev–Trinajstić information content (AvgIpc) is 2.96. The van der Waals surface area contributed by atoms with E-state index >= 15 is 0 Å². The van der Waals surface area contributed by atoms with Crippen molar-refractivity contribution in [2.24, 2.45) is 0 Å². The van der Waals surface area contributed by atoms with Crippen LogP contribution in [0.15, 0.2) is 20.1 Å². The van der Waals surface area contributed by atoms with E-state index in [9.17, 15) is 8.42 Å². The van der Waals surface area contributed by atoms with E-state index in [2.05, 4.69) is 25.6 Å². The van der Waals surface area contributed by atoms with Gasteiger partial charge in [0.25, 0.3) is 0 Å². The Morgan fingerprint density at radius 3 is 2.89 bits per heavy atom. The summed E-state index contributed by atoms with van der Waals surface area (Å²) >= 11 is 4.56. The van der Waals surface area contributed by atoms with Crippen LogP contribution in [0.4, 0.5) is 0 Å². The van der Waals surface area contributed by atoms with Crippen molar-refractivity contribution in [2.45, 2.75) is 42.0 Å². The van der Waals surface area contributed by atoms with Crippen molar-refractivity contribution in [3.05, 3.63) is 15.9 Å². The number of hydrogen-bond acceptors (Lipinski definition) is 4. The topological polar surface area (TPSA) is 49.4 Å². The van der Waals surface area contributed by atoms with Gasteiger partial charge in [0.2, 0.25) is 10.0 Å². The Bertz CT molecular complexity index is 558. The van der Waals surface area contributed by atoms with Crippen LogP contribution in [0.2, 0.25) is 0 Å². The van der Waals surface area contributed by atoms with Crippen molar-refractivity contribution in [1.82, 2.24) is 9.62 Å². The molecule has 3 heterocycles. The van der Waals surface area contributed by atoms with Gasteiger partial charge in [0.15, 0.2) is 0 Å². The molecule has 2 atom stereocenters. The van der Waals surface area contributed by atoms with Gasteiger partial charge in [-0.1, -0.05) is 0 Å². The van der Waals surface area contributed by atoms with Crippen molar-refractivity contribution in [1.29, 1.82) is 0 Å². The Morgan fingerprint density at radius 1 is 1.32 bits per heavy atom. The van der Waals surface area contributed by atoms with Crippen LogP contribution >= 0.6 is 27.3 Å². The van der Waals surface area contributed by atoms with E-state index in [1.807, 2.05) is 0 Å². The highest BCUT2D eigenvalue weighted by molar-refractivity contribution is 9.11. The summed E-state index contributed by atoms with van der Waals surface area (Å²) in [5, 5.41) is 0. The van der Waals surface area contributed by atoms with E-state index in [1.54, 1.807) is 12.1 Å². The summed E-state index contributed by atoms with van der Waals surface area (Å²) in [5.74, 6) is 0. The molecular weight excluding hydrogens is 348 g/mol. The first-order valence-electron chi connectivity index (χ1n) is 6.56. The van der Waals surface area contributed by atoms with Gasteiger partial charge in [0.1, 0.15) is 4.21 Å². The number of rotatable bonds is 3. The highest BCUT2D eigenvalue weighted by Gasteiger charge is 2.33. The Labute approximate surface area is 126 Å². The molecule has 0 bridgehead atoms. The molecule has 2 fully saturated rings. The van der Waals surface area contributed by atoms with Gasteiger partial charge in [0, 0.05) is 12.1 Å². The van der Waals surface area contributed by atoms with Gasteiger partial charge in [-0.25, -0.2) is 13.1 Å². The molecular formula is C12H17BrN2O2S2. The Balaban J connectivity index is 1.68. The summed E-state index contributed by atoms with van der Waals surface area (Å²) in [6, 6.07) is 4.10. The molecule has 0 radical (unpaired) electrons. The maximum atomic E-state index is 12.3. The second-order valence-electron chi connectivity index (χ2n) is 5.23. The predicted octanol–water partition coefficient (Wildman–Crippen LogP) is 2.42. The van der Waals surface area contributed by atoms with Gasteiger partial charge in [-0.3, -0.25) is 0 Å². The van der Waals surface area contributed by atoms with Gasteiger partial charge < -0.3 is 4.90 Å². The Hall–Kier alpha value is 0.0500. The zero-order valence-corrected chi connectivity index (χ0v) is 13.7. The van der Waals surface area contributed by atoms with E-state index < -0.39 is 10.0 Å². The van der Waals surface area contributed by atoms with E-state index in [-0.39, 0.29) is 6.04 Å². The lowest BCUT2D eigenvalue weighted by Crippen LogP contribution is -2.47. The number of thiophene rings is 1. The standard InChI is InChI=1S/C12H17BrN2O2S2/c13-11-3-4-12(18-11)19(16,17)14-9-5-7-15-6-1-2-10(15)8-9/h3-4,9-10,14H,1-2,5-8H2. The van der Waals surface area contributed by atoms with Gasteiger partial charge in [-0.05, 0) is 66.8 Å². The summed E-state index contributed by atoms with van der Waals surface area (Å²) in [4.78, 5) is 2.49. The number of nitrogens with zero attached hydrogens (tertiary/aromatic N) is 1. The Kier molecular flexibility index (Phi) is 4.01. The van der Waals surface area contributed by atoms with Crippen LogP contribution in [0.25, 0.3) is 0 Å². The molecule has 0 spiro atoms. The molecule has 4 nitrogen and oxygen atoms in total. The van der Waals surface area contributed by atoms with Crippen molar-refractivity contribution < 1.29 is 8.42 Å². The maximum absolute atomic E-state index is 12.3. The molecule has 1 N–H and O–H groups in total. The van der Waals surface area contributed by atoms with Crippen molar-refractivity contribution in [3.63, 3.8) is 0 Å². The lowest BCUT2D eigenvalue weighted by molar-refractivity contribution is 0.176. The molecule has 1 aromatic rings. The largest absolute Gasteiger partial charge is 0.300 e. The number of piperidine rings is 1. The van der Waals surface area contributed by atoms with Gasteiger partial charge in [-0.15, -0.1) is 11.3 Å². The minimum absolute atomic E-state index is 0.0882. The van der Waals surface area contributed by atoms with E-state index in [1.165, 1.54) is 30.7 Å². The summed E-state index contributed by atoms with van der Waals surface area (Å²) in [7, 11) is -3.35. The summed E-state index contributed by atoms with van der Waals surface area (Å²) in [6.45, 7) is 2.20. The molecule has 19 heavy (non-hydrogen) atoms. The van der Waals surface area contributed by atoms with Gasteiger partial charge in [0.05, 0.1) is 3.79 Å². The molecule has 2 aliphatic heterocycles. The molecule has 0 amide bonds. The molecule has 106 valence electrons. The summed E-state index contributed by atoms with van der Waals surface area (Å²) < 4.78 is 28.7. The molecule has 7 heteroatoms. The SMILES string of the molecule is O=S(=O)(NC1CCN2CCCC2C1)c1ccc(Br)s1. The first-order valence-corrected chi connectivity index (χ1v) is 9.65. The van der Waals surface area contributed by atoms with Crippen molar-refractivity contribution in [3.8, 4) is 0 Å². The highest BCUT2D eigenvalue weighted by Crippen LogP contribution is 2.29. The van der Waals surface area contributed by atoms with Crippen LogP contribution < -0.4 is 4.72 Å². The molecule has 2 saturated heterocycles.